The zero-order valence-corrected chi connectivity index (χ0v) is 11.1. The fraction of sp³-hybridized carbons (Fsp3) is 0.429. The maximum absolute atomic E-state index is 11.3. The number of nitriles is 1. The Morgan fingerprint density at radius 2 is 2.21 bits per heavy atom. The minimum atomic E-state index is -0.907. The lowest BCUT2D eigenvalue weighted by Gasteiger charge is -2.43. The third-order valence-electron chi connectivity index (χ3n) is 3.25. The molecule has 0 aromatic heterocycles. The number of hydrogen-bond acceptors (Lipinski definition) is 4. The smallest absolute Gasteiger partial charge is 0.217 e. The summed E-state index contributed by atoms with van der Waals surface area (Å²) < 4.78 is 5.82. The van der Waals surface area contributed by atoms with Crippen LogP contribution in [0.25, 0.3) is 0 Å². The van der Waals surface area contributed by atoms with Gasteiger partial charge in [-0.3, -0.25) is 4.79 Å². The van der Waals surface area contributed by atoms with Gasteiger partial charge in [-0.2, -0.15) is 5.26 Å². The second-order valence-corrected chi connectivity index (χ2v) is 5.19. The van der Waals surface area contributed by atoms with Crippen LogP contribution in [-0.4, -0.2) is 22.7 Å². The molecule has 0 aliphatic carbocycles. The molecule has 0 unspecified atom stereocenters. The Morgan fingerprint density at radius 1 is 1.53 bits per heavy atom. The van der Waals surface area contributed by atoms with E-state index in [1.165, 1.54) is 6.92 Å². The Bertz CT molecular complexity index is 560. The molecule has 0 saturated heterocycles. The van der Waals surface area contributed by atoms with E-state index in [1.807, 2.05) is 6.07 Å². The van der Waals surface area contributed by atoms with Gasteiger partial charge >= 0.3 is 0 Å². The molecule has 0 spiro atoms. The Labute approximate surface area is 111 Å². The molecule has 1 aromatic rings. The first kappa shape index (κ1) is 13.4. The topological polar surface area (TPSA) is 82.4 Å². The molecule has 2 atom stereocenters. The lowest BCUT2D eigenvalue weighted by molar-refractivity contribution is -0.124. The highest BCUT2D eigenvalue weighted by molar-refractivity contribution is 5.73. The number of aliphatic hydroxyl groups is 1. The average Bonchev–Trinajstić information content (AvgIpc) is 2.33. The van der Waals surface area contributed by atoms with Crippen molar-refractivity contribution in [3.05, 3.63) is 29.3 Å². The molecule has 1 aliphatic rings. The lowest BCUT2D eigenvalue weighted by Crippen LogP contribution is -2.57. The van der Waals surface area contributed by atoms with Crippen LogP contribution in [0.1, 0.15) is 38.0 Å². The maximum atomic E-state index is 11.3. The summed E-state index contributed by atoms with van der Waals surface area (Å²) in [7, 11) is 0. The van der Waals surface area contributed by atoms with E-state index in [9.17, 15) is 9.90 Å². The summed E-state index contributed by atoms with van der Waals surface area (Å²) in [5.74, 6) is 0.304. The van der Waals surface area contributed by atoms with Gasteiger partial charge in [-0.25, -0.2) is 0 Å². The predicted octanol–water partition coefficient (Wildman–Crippen LogP) is 1.27. The van der Waals surface area contributed by atoms with E-state index < -0.39 is 17.7 Å². The highest BCUT2D eigenvalue weighted by Crippen LogP contribution is 2.40. The van der Waals surface area contributed by atoms with Gasteiger partial charge in [-0.15, -0.1) is 0 Å². The van der Waals surface area contributed by atoms with Crippen LogP contribution in [0.3, 0.4) is 0 Å². The quantitative estimate of drug-likeness (QED) is 0.796. The van der Waals surface area contributed by atoms with Crippen molar-refractivity contribution in [3.63, 3.8) is 0 Å². The van der Waals surface area contributed by atoms with Crippen LogP contribution < -0.4 is 10.1 Å². The highest BCUT2D eigenvalue weighted by atomic mass is 16.5. The first-order chi connectivity index (χ1) is 8.85. The third kappa shape index (κ3) is 2.40. The van der Waals surface area contributed by atoms with Gasteiger partial charge in [-0.1, -0.05) is 0 Å². The van der Waals surface area contributed by atoms with Crippen molar-refractivity contribution < 1.29 is 14.6 Å². The molecule has 0 bridgehead atoms. The van der Waals surface area contributed by atoms with E-state index >= 15 is 0 Å². The van der Waals surface area contributed by atoms with E-state index in [2.05, 4.69) is 5.32 Å². The first-order valence-corrected chi connectivity index (χ1v) is 6.03. The van der Waals surface area contributed by atoms with Crippen molar-refractivity contribution in [3.8, 4) is 11.8 Å². The van der Waals surface area contributed by atoms with Crippen LogP contribution in [0.15, 0.2) is 18.2 Å². The van der Waals surface area contributed by atoms with Crippen LogP contribution in [0, 0.1) is 11.3 Å². The van der Waals surface area contributed by atoms with Gasteiger partial charge in [-0.05, 0) is 32.0 Å². The number of aliphatic hydroxyl groups excluding tert-OH is 1. The van der Waals surface area contributed by atoms with Crippen molar-refractivity contribution in [2.45, 2.75) is 38.5 Å². The van der Waals surface area contributed by atoms with Gasteiger partial charge in [0.15, 0.2) is 0 Å². The van der Waals surface area contributed by atoms with E-state index in [4.69, 9.17) is 10.00 Å². The standard InChI is InChI=1S/C14H16N2O3/c1-8(17)16-13-12(18)10-6-9(7-15)4-5-11(10)19-14(13,2)3/h4-6,12-13,18H,1-3H3,(H,16,17)/t12-,13+/m1/s1. The van der Waals surface area contributed by atoms with Gasteiger partial charge in [0.05, 0.1) is 17.7 Å². The number of carbonyl (C=O) groups excluding carboxylic acids is 1. The van der Waals surface area contributed by atoms with Gasteiger partial charge < -0.3 is 15.2 Å². The summed E-state index contributed by atoms with van der Waals surface area (Å²) in [6.07, 6.45) is -0.907. The number of ether oxygens (including phenoxy) is 1. The van der Waals surface area contributed by atoms with Crippen LogP contribution in [0.2, 0.25) is 0 Å². The van der Waals surface area contributed by atoms with Gasteiger partial charge in [0, 0.05) is 12.5 Å². The predicted molar refractivity (Wildman–Crippen MR) is 68.4 cm³/mol. The van der Waals surface area contributed by atoms with Crippen LogP contribution in [0.4, 0.5) is 0 Å². The molecule has 1 heterocycles. The molecule has 0 radical (unpaired) electrons. The zero-order chi connectivity index (χ0) is 14.2. The molecule has 19 heavy (non-hydrogen) atoms. The molecule has 1 aliphatic heterocycles. The number of hydrogen-bond donors (Lipinski definition) is 2. The Morgan fingerprint density at radius 3 is 2.79 bits per heavy atom. The molecular formula is C14H16N2O3. The summed E-state index contributed by atoms with van der Waals surface area (Å²) in [4.78, 5) is 11.3. The number of rotatable bonds is 1. The maximum Gasteiger partial charge on any atom is 0.217 e. The lowest BCUT2D eigenvalue weighted by atomic mass is 9.85. The summed E-state index contributed by atoms with van der Waals surface area (Å²) >= 11 is 0. The van der Waals surface area contributed by atoms with E-state index in [1.54, 1.807) is 32.0 Å². The number of benzene rings is 1. The number of carbonyl (C=O) groups is 1. The Kier molecular flexibility index (Phi) is 3.21. The van der Waals surface area contributed by atoms with Crippen LogP contribution in [-0.2, 0) is 4.79 Å². The van der Waals surface area contributed by atoms with E-state index in [-0.39, 0.29) is 5.91 Å². The fourth-order valence-corrected chi connectivity index (χ4v) is 2.32. The zero-order valence-electron chi connectivity index (χ0n) is 11.1. The molecule has 1 aromatic carbocycles. The molecule has 2 rings (SSSR count). The number of amides is 1. The molecule has 2 N–H and O–H groups in total. The molecule has 5 heteroatoms. The minimum Gasteiger partial charge on any atom is -0.485 e. The normalized spacial score (nSPS) is 23.7. The largest absolute Gasteiger partial charge is 0.485 e. The Hall–Kier alpha value is -2.06. The second-order valence-electron chi connectivity index (χ2n) is 5.19. The highest BCUT2D eigenvalue weighted by Gasteiger charge is 2.43. The number of fused-ring (bicyclic) bond motifs is 1. The summed E-state index contributed by atoms with van der Waals surface area (Å²) in [5.41, 5.74) is 0.242. The molecular weight excluding hydrogens is 244 g/mol. The molecule has 1 amide bonds. The fourth-order valence-electron chi connectivity index (χ4n) is 2.32. The van der Waals surface area contributed by atoms with Crippen molar-refractivity contribution in [2.75, 3.05) is 0 Å². The first-order valence-electron chi connectivity index (χ1n) is 6.03. The monoisotopic (exact) mass is 260 g/mol. The van der Waals surface area contributed by atoms with E-state index in [0.717, 1.165) is 0 Å². The summed E-state index contributed by atoms with van der Waals surface area (Å²) in [5, 5.41) is 22.0. The number of nitrogens with one attached hydrogen (secondary N) is 1. The third-order valence-corrected chi connectivity index (χ3v) is 3.25. The van der Waals surface area contributed by atoms with Gasteiger partial charge in [0.1, 0.15) is 17.5 Å². The van der Waals surface area contributed by atoms with Crippen molar-refractivity contribution >= 4 is 5.91 Å². The summed E-state index contributed by atoms with van der Waals surface area (Å²) in [6, 6.07) is 6.35. The van der Waals surface area contributed by atoms with Crippen LogP contribution in [0.5, 0.6) is 5.75 Å². The Balaban J connectivity index is 2.46. The van der Waals surface area contributed by atoms with E-state index in [0.29, 0.717) is 16.9 Å². The second kappa shape index (κ2) is 4.56. The molecule has 0 saturated carbocycles. The van der Waals surface area contributed by atoms with Gasteiger partial charge in [0.2, 0.25) is 5.91 Å². The minimum absolute atomic E-state index is 0.236. The summed E-state index contributed by atoms with van der Waals surface area (Å²) in [6.45, 7) is 5.00. The average molecular weight is 260 g/mol. The number of nitrogens with zero attached hydrogens (tertiary/aromatic N) is 1. The molecule has 5 nitrogen and oxygen atoms in total. The van der Waals surface area contributed by atoms with Crippen molar-refractivity contribution in [2.24, 2.45) is 0 Å². The molecule has 0 fully saturated rings. The molecule has 100 valence electrons. The van der Waals surface area contributed by atoms with Crippen LogP contribution >= 0.6 is 0 Å². The SMILES string of the molecule is CC(=O)N[C@H]1[C@H](O)c2cc(C#N)ccc2OC1(C)C. The van der Waals surface area contributed by atoms with Gasteiger partial charge in [0.25, 0.3) is 0 Å². The van der Waals surface area contributed by atoms with Crippen molar-refractivity contribution in [1.82, 2.24) is 5.32 Å². The van der Waals surface area contributed by atoms with Crippen molar-refractivity contribution in [1.29, 1.82) is 5.26 Å².